The van der Waals surface area contributed by atoms with Crippen LogP contribution in [0, 0.1) is 52.3 Å². The smallest absolute Gasteiger partial charge is 0.128 e. The molecule has 2 bridgehead atoms. The molecule has 0 unspecified atom stereocenters. The maximum atomic E-state index is 5.75. The molecule has 1 heterocycles. The lowest BCUT2D eigenvalue weighted by atomic mass is 9.44. The third-order valence-electron chi connectivity index (χ3n) is 10.9. The SMILES string of the molecule is CC(C)CCC[C@H](C)[C@H]1CC[C@H]2[C@@H]3CC[C@H]4CC[C@H]5C[C@]4(C=NO5)[C@H]3CC[C@]12C. The van der Waals surface area contributed by atoms with Crippen LogP contribution in [0.3, 0.4) is 0 Å². The van der Waals surface area contributed by atoms with E-state index < -0.39 is 0 Å². The minimum absolute atomic E-state index is 0.395. The summed E-state index contributed by atoms with van der Waals surface area (Å²) in [5.41, 5.74) is 1.00. The fraction of sp³-hybridized carbons (Fsp3) is 0.963. The predicted octanol–water partition coefficient (Wildman–Crippen LogP) is 7.47. The Morgan fingerprint density at radius 1 is 0.966 bits per heavy atom. The zero-order valence-corrected chi connectivity index (χ0v) is 19.5. The first-order chi connectivity index (χ1) is 13.9. The monoisotopic (exact) mass is 399 g/mol. The molecule has 4 fully saturated rings. The van der Waals surface area contributed by atoms with E-state index in [1.54, 1.807) is 0 Å². The molecule has 0 aromatic carbocycles. The third-order valence-corrected chi connectivity index (χ3v) is 10.9. The predicted molar refractivity (Wildman–Crippen MR) is 121 cm³/mol. The van der Waals surface area contributed by atoms with Crippen LogP contribution >= 0.6 is 0 Å². The highest BCUT2D eigenvalue weighted by atomic mass is 16.6. The van der Waals surface area contributed by atoms with E-state index >= 15 is 0 Å². The van der Waals surface area contributed by atoms with Crippen molar-refractivity contribution in [1.29, 1.82) is 0 Å². The Balaban J connectivity index is 1.33. The molecular formula is C27H45NO. The summed E-state index contributed by atoms with van der Waals surface area (Å²) in [5.74, 6) is 6.47. The van der Waals surface area contributed by atoms with Gasteiger partial charge in [0.05, 0.1) is 6.21 Å². The van der Waals surface area contributed by atoms with E-state index in [0.29, 0.717) is 16.9 Å². The van der Waals surface area contributed by atoms with Crippen LogP contribution in [0.15, 0.2) is 5.16 Å². The van der Waals surface area contributed by atoms with Crippen LogP contribution < -0.4 is 0 Å². The topological polar surface area (TPSA) is 21.6 Å². The van der Waals surface area contributed by atoms with Gasteiger partial charge in [-0.15, -0.1) is 0 Å². The fourth-order valence-electron chi connectivity index (χ4n) is 9.52. The van der Waals surface area contributed by atoms with E-state index in [1.807, 2.05) is 0 Å². The van der Waals surface area contributed by atoms with Gasteiger partial charge in [-0.3, -0.25) is 0 Å². The Labute approximate surface area is 179 Å². The zero-order valence-electron chi connectivity index (χ0n) is 19.5. The van der Waals surface area contributed by atoms with Crippen LogP contribution in [0.4, 0.5) is 0 Å². The minimum atomic E-state index is 0.395. The molecule has 0 saturated heterocycles. The van der Waals surface area contributed by atoms with Gasteiger partial charge in [0.1, 0.15) is 6.10 Å². The van der Waals surface area contributed by atoms with Gasteiger partial charge in [0.15, 0.2) is 0 Å². The summed E-state index contributed by atoms with van der Waals surface area (Å²) in [7, 11) is 0. The van der Waals surface area contributed by atoms with Crippen LogP contribution in [0.1, 0.15) is 105 Å². The first kappa shape index (κ1) is 20.4. The molecular weight excluding hydrogens is 354 g/mol. The standard InChI is InChI=1S/C27H45NO/c1-18(2)6-5-7-19(3)23-12-13-24-22-11-9-20-8-10-21-16-27(20,17-28-29-21)25(22)14-15-26(23,24)4/h17-25H,5-16H2,1-4H3/t19-,20+,21-,22-,23+,24-,25-,26+,27+/m0/s1. The fourth-order valence-corrected chi connectivity index (χ4v) is 9.52. The highest BCUT2D eigenvalue weighted by Crippen LogP contribution is 2.68. The molecule has 2 nitrogen and oxygen atoms in total. The van der Waals surface area contributed by atoms with Crippen molar-refractivity contribution in [2.75, 3.05) is 0 Å². The van der Waals surface area contributed by atoms with Gasteiger partial charge in [0.25, 0.3) is 0 Å². The van der Waals surface area contributed by atoms with E-state index in [-0.39, 0.29) is 0 Å². The van der Waals surface area contributed by atoms with Gasteiger partial charge >= 0.3 is 0 Å². The van der Waals surface area contributed by atoms with Crippen molar-refractivity contribution in [2.45, 2.75) is 111 Å². The lowest BCUT2D eigenvalue weighted by Crippen LogP contribution is -2.57. The third kappa shape index (κ3) is 3.21. The molecule has 0 aromatic rings. The van der Waals surface area contributed by atoms with Crippen molar-refractivity contribution in [1.82, 2.24) is 0 Å². The number of oxime groups is 1. The summed E-state index contributed by atoms with van der Waals surface area (Å²) >= 11 is 0. The maximum absolute atomic E-state index is 5.75. The van der Waals surface area contributed by atoms with E-state index in [2.05, 4.69) is 39.1 Å². The minimum Gasteiger partial charge on any atom is -0.393 e. The van der Waals surface area contributed by atoms with Crippen LogP contribution in [0.25, 0.3) is 0 Å². The quantitative estimate of drug-likeness (QED) is 0.470. The summed E-state index contributed by atoms with van der Waals surface area (Å²) in [6.45, 7) is 10.1. The van der Waals surface area contributed by atoms with Gasteiger partial charge in [-0.2, -0.15) is 0 Å². The van der Waals surface area contributed by atoms with E-state index in [9.17, 15) is 0 Å². The normalized spacial score (nSPS) is 49.1. The maximum Gasteiger partial charge on any atom is 0.128 e. The van der Waals surface area contributed by atoms with Crippen molar-refractivity contribution < 1.29 is 4.84 Å². The van der Waals surface area contributed by atoms with Crippen molar-refractivity contribution in [2.24, 2.45) is 57.4 Å². The molecule has 0 N–H and O–H groups in total. The van der Waals surface area contributed by atoms with Crippen molar-refractivity contribution in [3.8, 4) is 0 Å². The van der Waals surface area contributed by atoms with Crippen LogP contribution in [0.2, 0.25) is 0 Å². The molecule has 4 saturated carbocycles. The Bertz CT molecular complexity index is 628. The van der Waals surface area contributed by atoms with Gasteiger partial charge in [-0.1, -0.05) is 52.1 Å². The van der Waals surface area contributed by atoms with Gasteiger partial charge in [0, 0.05) is 5.41 Å². The number of rotatable bonds is 5. The Hall–Kier alpha value is -0.530. The zero-order chi connectivity index (χ0) is 20.2. The molecule has 1 aliphatic heterocycles. The second kappa shape index (κ2) is 7.56. The molecule has 5 rings (SSSR count). The van der Waals surface area contributed by atoms with Crippen molar-refractivity contribution >= 4 is 6.21 Å². The van der Waals surface area contributed by atoms with Gasteiger partial charge in [-0.25, -0.2) is 0 Å². The summed E-state index contributed by atoms with van der Waals surface area (Å²) < 4.78 is 0. The summed E-state index contributed by atoms with van der Waals surface area (Å²) in [4.78, 5) is 5.75. The van der Waals surface area contributed by atoms with E-state index in [1.165, 1.54) is 77.0 Å². The average Bonchev–Trinajstić information content (AvgIpc) is 3.04. The number of hydrogen-bond donors (Lipinski definition) is 0. The first-order valence-corrected chi connectivity index (χ1v) is 13.1. The molecule has 0 radical (unpaired) electrons. The first-order valence-electron chi connectivity index (χ1n) is 13.1. The van der Waals surface area contributed by atoms with Gasteiger partial charge in [-0.05, 0) is 105 Å². The van der Waals surface area contributed by atoms with Crippen molar-refractivity contribution in [3.63, 3.8) is 0 Å². The molecule has 1 spiro atoms. The number of hydrogen-bond acceptors (Lipinski definition) is 2. The lowest BCUT2D eigenvalue weighted by molar-refractivity contribution is -0.129. The summed E-state index contributed by atoms with van der Waals surface area (Å²) in [6, 6.07) is 0. The number of nitrogens with zero attached hydrogens (tertiary/aromatic N) is 1. The second-order valence-electron chi connectivity index (χ2n) is 12.5. The van der Waals surface area contributed by atoms with Crippen LogP contribution in [-0.4, -0.2) is 12.3 Å². The molecule has 2 heteroatoms. The van der Waals surface area contributed by atoms with Crippen LogP contribution in [0.5, 0.6) is 0 Å². The molecule has 164 valence electrons. The second-order valence-corrected chi connectivity index (χ2v) is 12.5. The Morgan fingerprint density at radius 3 is 2.62 bits per heavy atom. The van der Waals surface area contributed by atoms with E-state index in [0.717, 1.165) is 41.4 Å². The van der Waals surface area contributed by atoms with E-state index in [4.69, 9.17) is 4.84 Å². The molecule has 4 aliphatic carbocycles. The molecule has 0 amide bonds. The number of fused-ring (bicyclic) bond motifs is 4. The molecule has 0 aromatic heterocycles. The van der Waals surface area contributed by atoms with Gasteiger partial charge < -0.3 is 4.84 Å². The van der Waals surface area contributed by atoms with Crippen LogP contribution in [-0.2, 0) is 4.84 Å². The summed E-state index contributed by atoms with van der Waals surface area (Å²) in [6.07, 6.45) is 19.9. The molecule has 5 aliphatic rings. The largest absolute Gasteiger partial charge is 0.393 e. The molecule has 29 heavy (non-hydrogen) atoms. The lowest BCUT2D eigenvalue weighted by Gasteiger charge is -2.61. The molecule has 9 atom stereocenters. The highest BCUT2D eigenvalue weighted by Gasteiger charge is 2.62. The van der Waals surface area contributed by atoms with Gasteiger partial charge in [0.2, 0.25) is 0 Å². The average molecular weight is 400 g/mol. The summed E-state index contributed by atoms with van der Waals surface area (Å²) in [5, 5.41) is 4.50. The highest BCUT2D eigenvalue weighted by molar-refractivity contribution is 5.68. The Morgan fingerprint density at radius 2 is 1.79 bits per heavy atom. The van der Waals surface area contributed by atoms with Crippen molar-refractivity contribution in [3.05, 3.63) is 0 Å². The Kier molecular flexibility index (Phi) is 5.31.